The van der Waals surface area contributed by atoms with Crippen LogP contribution in [0.25, 0.3) is 0 Å². The van der Waals surface area contributed by atoms with Crippen LogP contribution in [0.3, 0.4) is 0 Å². The van der Waals surface area contributed by atoms with Crippen LogP contribution in [-0.4, -0.2) is 17.4 Å². The van der Waals surface area contributed by atoms with E-state index in [4.69, 9.17) is 23.2 Å². The second-order valence-corrected chi connectivity index (χ2v) is 7.84. The van der Waals surface area contributed by atoms with Crippen molar-refractivity contribution in [3.8, 4) is 0 Å². The summed E-state index contributed by atoms with van der Waals surface area (Å²) in [6, 6.07) is 5.53. The number of hydrogen-bond acceptors (Lipinski definition) is 3. The van der Waals surface area contributed by atoms with Crippen LogP contribution in [0.5, 0.6) is 0 Å². The summed E-state index contributed by atoms with van der Waals surface area (Å²) in [7, 11) is 0. The number of halogens is 5. The monoisotopic (exact) mass is 445 g/mol. The number of benzene rings is 1. The second-order valence-electron chi connectivity index (χ2n) is 7.05. The fraction of sp³-hybridized carbons (Fsp3) is 0.400. The number of nitrogens with one attached hydrogen (secondary N) is 2. The average molecular weight is 446 g/mol. The molecule has 1 heterocycles. The van der Waals surface area contributed by atoms with Crippen molar-refractivity contribution in [1.82, 2.24) is 10.3 Å². The second kappa shape index (κ2) is 9.22. The highest BCUT2D eigenvalue weighted by molar-refractivity contribution is 6.43. The Morgan fingerprint density at radius 3 is 2.59 bits per heavy atom. The molecule has 2 N–H and O–H groups in total. The predicted molar refractivity (Wildman–Crippen MR) is 108 cm³/mol. The number of amides is 1. The van der Waals surface area contributed by atoms with Crippen LogP contribution in [0.1, 0.15) is 48.0 Å². The lowest BCUT2D eigenvalue weighted by molar-refractivity contribution is -0.137. The highest BCUT2D eigenvalue weighted by atomic mass is 35.5. The van der Waals surface area contributed by atoms with E-state index in [0.717, 1.165) is 44.4 Å². The maximum atomic E-state index is 13.6. The van der Waals surface area contributed by atoms with Crippen LogP contribution in [0.2, 0.25) is 10.0 Å². The minimum atomic E-state index is -4.71. The molecule has 0 spiro atoms. The van der Waals surface area contributed by atoms with E-state index in [0.29, 0.717) is 18.2 Å². The zero-order chi connectivity index (χ0) is 21.0. The summed E-state index contributed by atoms with van der Waals surface area (Å²) >= 11 is 12.0. The Bertz CT molecular complexity index is 884. The van der Waals surface area contributed by atoms with E-state index in [9.17, 15) is 18.0 Å². The molecule has 4 nitrogen and oxygen atoms in total. The summed E-state index contributed by atoms with van der Waals surface area (Å²) in [6.45, 7) is 0.369. The molecule has 0 atom stereocenters. The number of aromatic nitrogens is 1. The van der Waals surface area contributed by atoms with Crippen molar-refractivity contribution in [2.24, 2.45) is 5.92 Å². The van der Waals surface area contributed by atoms with Crippen molar-refractivity contribution in [2.75, 3.05) is 11.9 Å². The van der Waals surface area contributed by atoms with Gasteiger partial charge < -0.3 is 10.6 Å². The highest BCUT2D eigenvalue weighted by Gasteiger charge is 2.36. The van der Waals surface area contributed by atoms with Gasteiger partial charge in [-0.15, -0.1) is 0 Å². The van der Waals surface area contributed by atoms with E-state index in [-0.39, 0.29) is 15.9 Å². The van der Waals surface area contributed by atoms with Gasteiger partial charge in [-0.25, -0.2) is 4.98 Å². The van der Waals surface area contributed by atoms with E-state index in [1.54, 1.807) is 18.2 Å². The first-order chi connectivity index (χ1) is 13.8. The first-order valence-corrected chi connectivity index (χ1v) is 10.1. The lowest BCUT2D eigenvalue weighted by Gasteiger charge is -2.22. The maximum absolute atomic E-state index is 13.6. The molecule has 1 aromatic carbocycles. The molecule has 1 saturated carbocycles. The highest BCUT2D eigenvalue weighted by Crippen LogP contribution is 2.35. The summed E-state index contributed by atoms with van der Waals surface area (Å²) in [5.41, 5.74) is -1.25. The molecule has 1 amide bonds. The first kappa shape index (κ1) is 21.7. The van der Waals surface area contributed by atoms with Gasteiger partial charge in [-0.3, -0.25) is 4.79 Å². The summed E-state index contributed by atoms with van der Waals surface area (Å²) in [4.78, 5) is 16.4. The Labute approximate surface area is 176 Å². The van der Waals surface area contributed by atoms with Crippen molar-refractivity contribution >= 4 is 40.6 Å². The smallest absolute Gasteiger partial charge is 0.352 e. The predicted octanol–water partition coefficient (Wildman–Crippen LogP) is 6.46. The van der Waals surface area contributed by atoms with Crippen LogP contribution >= 0.6 is 23.2 Å². The third kappa shape index (κ3) is 5.54. The Balaban J connectivity index is 1.80. The molecule has 3 rings (SSSR count). The summed E-state index contributed by atoms with van der Waals surface area (Å²) in [5.74, 6) is -0.561. The molecule has 29 heavy (non-hydrogen) atoms. The number of pyridine rings is 1. The summed E-state index contributed by atoms with van der Waals surface area (Å²) in [6.07, 6.45) is 1.51. The topological polar surface area (TPSA) is 54.0 Å². The number of carbonyl (C=O) groups excluding carboxylic acids is 1. The van der Waals surface area contributed by atoms with Gasteiger partial charge in [0.2, 0.25) is 0 Å². The molecule has 2 aromatic rings. The third-order valence-corrected chi connectivity index (χ3v) is 5.76. The minimum Gasteiger partial charge on any atom is -0.352 e. The van der Waals surface area contributed by atoms with E-state index in [1.165, 1.54) is 0 Å². The Morgan fingerprint density at radius 1 is 1.17 bits per heavy atom. The molecule has 1 aliphatic carbocycles. The molecule has 0 bridgehead atoms. The van der Waals surface area contributed by atoms with Crippen LogP contribution in [0.15, 0.2) is 30.5 Å². The van der Waals surface area contributed by atoms with Crippen LogP contribution in [0.4, 0.5) is 24.7 Å². The number of carbonyl (C=O) groups is 1. The number of nitrogens with zero attached hydrogens (tertiary/aromatic N) is 1. The molecule has 0 unspecified atom stereocenters. The lowest BCUT2D eigenvalue weighted by Crippen LogP contribution is -2.32. The van der Waals surface area contributed by atoms with Gasteiger partial charge in [-0.1, -0.05) is 48.5 Å². The standard InChI is InChI=1S/C20H20Cl2F3N3O/c21-15-7-4-8-16(18(15)22)28-17-9-14(20(23,24)25)13(11-26-17)19(29)27-10-12-5-2-1-3-6-12/h4,7-9,11-12H,1-3,5-6,10H2,(H,26,28)(H,27,29). The molecule has 1 aromatic heterocycles. The fourth-order valence-electron chi connectivity index (χ4n) is 3.40. The van der Waals surface area contributed by atoms with Gasteiger partial charge in [0.15, 0.2) is 0 Å². The van der Waals surface area contributed by atoms with Gasteiger partial charge in [0.05, 0.1) is 26.9 Å². The van der Waals surface area contributed by atoms with Crippen molar-refractivity contribution < 1.29 is 18.0 Å². The molecule has 9 heteroatoms. The van der Waals surface area contributed by atoms with Crippen LogP contribution in [0, 0.1) is 5.92 Å². The Kier molecular flexibility index (Phi) is 6.90. The zero-order valence-electron chi connectivity index (χ0n) is 15.5. The van der Waals surface area contributed by atoms with Gasteiger partial charge in [-0.05, 0) is 37.0 Å². The molecule has 1 fully saturated rings. The molecule has 1 aliphatic rings. The van der Waals surface area contributed by atoms with E-state index >= 15 is 0 Å². The lowest BCUT2D eigenvalue weighted by atomic mass is 9.89. The van der Waals surface area contributed by atoms with Crippen molar-refractivity contribution in [2.45, 2.75) is 38.3 Å². The van der Waals surface area contributed by atoms with Gasteiger partial charge in [0.25, 0.3) is 5.91 Å². The molecular weight excluding hydrogens is 426 g/mol. The first-order valence-electron chi connectivity index (χ1n) is 9.32. The largest absolute Gasteiger partial charge is 0.417 e. The number of alkyl halides is 3. The molecule has 0 aliphatic heterocycles. The average Bonchev–Trinajstić information content (AvgIpc) is 2.70. The molecular formula is C20H20Cl2F3N3O. The van der Waals surface area contributed by atoms with Gasteiger partial charge in [0, 0.05) is 12.7 Å². The van der Waals surface area contributed by atoms with Crippen molar-refractivity contribution in [3.63, 3.8) is 0 Å². The van der Waals surface area contributed by atoms with E-state index in [2.05, 4.69) is 15.6 Å². The zero-order valence-corrected chi connectivity index (χ0v) is 17.0. The number of anilines is 2. The van der Waals surface area contributed by atoms with Crippen LogP contribution < -0.4 is 10.6 Å². The molecule has 0 radical (unpaired) electrons. The third-order valence-electron chi connectivity index (χ3n) is 4.94. The SMILES string of the molecule is O=C(NCC1CCCCC1)c1cnc(Nc2cccc(Cl)c2Cl)cc1C(F)(F)F. The van der Waals surface area contributed by atoms with Gasteiger partial charge in [-0.2, -0.15) is 13.2 Å². The van der Waals surface area contributed by atoms with Crippen molar-refractivity contribution in [3.05, 3.63) is 51.6 Å². The quantitative estimate of drug-likeness (QED) is 0.554. The Morgan fingerprint density at radius 2 is 1.90 bits per heavy atom. The van der Waals surface area contributed by atoms with E-state index < -0.39 is 23.2 Å². The Hall–Kier alpha value is -1.99. The fourth-order valence-corrected chi connectivity index (χ4v) is 3.75. The number of hydrogen-bond donors (Lipinski definition) is 2. The normalized spacial score (nSPS) is 15.2. The van der Waals surface area contributed by atoms with Crippen LogP contribution in [-0.2, 0) is 6.18 Å². The number of rotatable bonds is 5. The molecule has 156 valence electrons. The van der Waals surface area contributed by atoms with Crippen molar-refractivity contribution in [1.29, 1.82) is 0 Å². The maximum Gasteiger partial charge on any atom is 0.417 e. The molecule has 0 saturated heterocycles. The minimum absolute atomic E-state index is 0.0923. The van der Waals surface area contributed by atoms with E-state index in [1.807, 2.05) is 0 Å². The summed E-state index contributed by atoms with van der Waals surface area (Å²) in [5, 5.41) is 5.77. The van der Waals surface area contributed by atoms with Gasteiger partial charge >= 0.3 is 6.18 Å². The summed E-state index contributed by atoms with van der Waals surface area (Å²) < 4.78 is 40.7. The van der Waals surface area contributed by atoms with Gasteiger partial charge in [0.1, 0.15) is 5.82 Å².